The largest absolute Gasteiger partial charge is 0.342 e. The molecule has 0 unspecified atom stereocenters. The van der Waals surface area contributed by atoms with Gasteiger partial charge in [-0.1, -0.05) is 0 Å². The monoisotopic (exact) mass is 322 g/mol. The molecule has 0 saturated carbocycles. The highest BCUT2D eigenvalue weighted by atomic mass is 16.2. The fraction of sp³-hybridized carbons (Fsp3) is 0.882. The van der Waals surface area contributed by atoms with Crippen molar-refractivity contribution in [3.8, 4) is 0 Å². The summed E-state index contributed by atoms with van der Waals surface area (Å²) in [6.45, 7) is 8.17. The molecule has 23 heavy (non-hydrogen) atoms. The van der Waals surface area contributed by atoms with Gasteiger partial charge in [0.1, 0.15) is 0 Å². The minimum atomic E-state index is 0.216. The summed E-state index contributed by atoms with van der Waals surface area (Å²) in [6, 6.07) is 0. The summed E-state index contributed by atoms with van der Waals surface area (Å²) >= 11 is 0. The molecule has 0 aromatic carbocycles. The van der Waals surface area contributed by atoms with Gasteiger partial charge >= 0.3 is 0 Å². The lowest BCUT2D eigenvalue weighted by molar-refractivity contribution is -0.136. The van der Waals surface area contributed by atoms with Gasteiger partial charge in [0, 0.05) is 58.2 Å². The molecule has 6 nitrogen and oxygen atoms in total. The van der Waals surface area contributed by atoms with Crippen LogP contribution >= 0.6 is 0 Å². The highest BCUT2D eigenvalue weighted by molar-refractivity contribution is 5.79. The predicted molar refractivity (Wildman–Crippen MR) is 89.0 cm³/mol. The lowest BCUT2D eigenvalue weighted by atomic mass is 9.95. The number of hydrogen-bond donors (Lipinski definition) is 1. The van der Waals surface area contributed by atoms with Crippen LogP contribution < -0.4 is 5.32 Å². The van der Waals surface area contributed by atoms with Crippen LogP contribution in [0.5, 0.6) is 0 Å². The van der Waals surface area contributed by atoms with Crippen LogP contribution in [0.3, 0.4) is 0 Å². The Labute approximate surface area is 139 Å². The first kappa shape index (κ1) is 16.7. The zero-order chi connectivity index (χ0) is 16.1. The summed E-state index contributed by atoms with van der Waals surface area (Å²) in [5, 5.41) is 3.27. The summed E-state index contributed by atoms with van der Waals surface area (Å²) in [5.41, 5.74) is 0. The third kappa shape index (κ3) is 4.44. The Bertz CT molecular complexity index is 409. The second-order valence-electron chi connectivity index (χ2n) is 7.03. The number of rotatable bonds is 4. The molecule has 3 saturated heterocycles. The first-order valence-electron chi connectivity index (χ1n) is 9.23. The van der Waals surface area contributed by atoms with E-state index in [2.05, 4.69) is 10.2 Å². The number of hydrogen-bond acceptors (Lipinski definition) is 4. The van der Waals surface area contributed by atoms with Crippen molar-refractivity contribution in [1.29, 1.82) is 0 Å². The highest BCUT2D eigenvalue weighted by Gasteiger charge is 2.30. The van der Waals surface area contributed by atoms with Gasteiger partial charge in [-0.15, -0.1) is 0 Å². The maximum Gasteiger partial charge on any atom is 0.225 e. The molecule has 2 amide bonds. The summed E-state index contributed by atoms with van der Waals surface area (Å²) in [4.78, 5) is 31.0. The number of piperazine rings is 1. The normalized spacial score (nSPS) is 24.2. The molecular formula is C17H30N4O2. The number of likely N-dealkylation sites (tertiary alicyclic amines) is 2. The Morgan fingerprint density at radius 1 is 0.870 bits per heavy atom. The maximum atomic E-state index is 12.4. The van der Waals surface area contributed by atoms with E-state index in [1.165, 1.54) is 12.8 Å². The fourth-order valence-corrected chi connectivity index (χ4v) is 3.93. The lowest BCUT2D eigenvalue weighted by Crippen LogP contribution is -2.47. The van der Waals surface area contributed by atoms with Gasteiger partial charge in [-0.3, -0.25) is 9.59 Å². The van der Waals surface area contributed by atoms with Crippen LogP contribution in [-0.2, 0) is 9.59 Å². The van der Waals surface area contributed by atoms with Gasteiger partial charge in [0.2, 0.25) is 11.8 Å². The molecule has 0 atom stereocenters. The molecular weight excluding hydrogens is 292 g/mol. The Hall–Kier alpha value is -1.14. The number of nitrogens with one attached hydrogen (secondary N) is 1. The third-order valence-electron chi connectivity index (χ3n) is 5.47. The summed E-state index contributed by atoms with van der Waals surface area (Å²) in [5.74, 6) is 0.869. The molecule has 0 aromatic heterocycles. The summed E-state index contributed by atoms with van der Waals surface area (Å²) in [6.07, 6.45) is 4.86. The molecule has 0 radical (unpaired) electrons. The van der Waals surface area contributed by atoms with E-state index in [4.69, 9.17) is 0 Å². The van der Waals surface area contributed by atoms with Crippen molar-refractivity contribution in [2.45, 2.75) is 32.1 Å². The SMILES string of the molecule is O=C(CCN1CCC(C(=O)N2CCCC2)CC1)N1CCNCC1. The minimum absolute atomic E-state index is 0.216. The molecule has 3 aliphatic heterocycles. The van der Waals surface area contributed by atoms with Crippen LogP contribution in [0.1, 0.15) is 32.1 Å². The van der Waals surface area contributed by atoms with E-state index >= 15 is 0 Å². The molecule has 0 aliphatic carbocycles. The van der Waals surface area contributed by atoms with Crippen molar-refractivity contribution < 1.29 is 9.59 Å². The van der Waals surface area contributed by atoms with E-state index in [1.54, 1.807) is 0 Å². The fourth-order valence-electron chi connectivity index (χ4n) is 3.93. The second-order valence-corrected chi connectivity index (χ2v) is 7.03. The van der Waals surface area contributed by atoms with E-state index in [0.717, 1.165) is 71.7 Å². The molecule has 0 bridgehead atoms. The Balaban J connectivity index is 1.35. The molecule has 6 heteroatoms. The Morgan fingerprint density at radius 3 is 2.17 bits per heavy atom. The topological polar surface area (TPSA) is 55.9 Å². The van der Waals surface area contributed by atoms with E-state index in [1.807, 2.05) is 9.80 Å². The number of nitrogens with zero attached hydrogens (tertiary/aromatic N) is 3. The van der Waals surface area contributed by atoms with Crippen molar-refractivity contribution in [3.05, 3.63) is 0 Å². The predicted octanol–water partition coefficient (Wildman–Crippen LogP) is 0.143. The van der Waals surface area contributed by atoms with Crippen LogP contribution in [0, 0.1) is 5.92 Å². The molecule has 3 aliphatic rings. The average Bonchev–Trinajstić information content (AvgIpc) is 3.15. The van der Waals surface area contributed by atoms with Crippen LogP contribution in [-0.4, -0.2) is 85.4 Å². The molecule has 0 aromatic rings. The Kier molecular flexibility index (Phi) is 5.89. The van der Waals surface area contributed by atoms with Crippen molar-refractivity contribution in [2.75, 3.05) is 58.9 Å². The lowest BCUT2D eigenvalue weighted by Gasteiger charge is -2.33. The number of carbonyl (C=O) groups is 2. The minimum Gasteiger partial charge on any atom is -0.342 e. The van der Waals surface area contributed by atoms with E-state index in [-0.39, 0.29) is 11.8 Å². The molecule has 0 spiro atoms. The Morgan fingerprint density at radius 2 is 1.52 bits per heavy atom. The van der Waals surface area contributed by atoms with Crippen LogP contribution in [0.4, 0.5) is 0 Å². The number of carbonyl (C=O) groups excluding carboxylic acids is 2. The quantitative estimate of drug-likeness (QED) is 0.800. The second kappa shape index (κ2) is 8.11. The maximum absolute atomic E-state index is 12.4. The van der Waals surface area contributed by atoms with Gasteiger partial charge in [0.05, 0.1) is 0 Å². The molecule has 3 rings (SSSR count). The third-order valence-corrected chi connectivity index (χ3v) is 5.47. The smallest absolute Gasteiger partial charge is 0.225 e. The van der Waals surface area contributed by atoms with E-state index in [0.29, 0.717) is 12.3 Å². The summed E-state index contributed by atoms with van der Waals surface area (Å²) in [7, 11) is 0. The van der Waals surface area contributed by atoms with Crippen molar-refractivity contribution in [1.82, 2.24) is 20.0 Å². The summed E-state index contributed by atoms with van der Waals surface area (Å²) < 4.78 is 0. The zero-order valence-corrected chi connectivity index (χ0v) is 14.1. The van der Waals surface area contributed by atoms with E-state index < -0.39 is 0 Å². The van der Waals surface area contributed by atoms with Crippen molar-refractivity contribution in [3.63, 3.8) is 0 Å². The first-order valence-corrected chi connectivity index (χ1v) is 9.23. The van der Waals surface area contributed by atoms with Gasteiger partial charge in [0.15, 0.2) is 0 Å². The van der Waals surface area contributed by atoms with Crippen molar-refractivity contribution >= 4 is 11.8 Å². The molecule has 3 heterocycles. The van der Waals surface area contributed by atoms with E-state index in [9.17, 15) is 9.59 Å². The molecule has 3 fully saturated rings. The zero-order valence-electron chi connectivity index (χ0n) is 14.1. The highest BCUT2D eigenvalue weighted by Crippen LogP contribution is 2.22. The molecule has 130 valence electrons. The number of piperidine rings is 1. The van der Waals surface area contributed by atoms with Gasteiger partial charge in [-0.05, 0) is 38.8 Å². The standard InChI is InChI=1S/C17H30N4O2/c22-16(20-13-6-18-7-14-20)5-12-19-10-3-15(4-11-19)17(23)21-8-1-2-9-21/h15,18H,1-14H2. The van der Waals surface area contributed by atoms with Gasteiger partial charge in [-0.25, -0.2) is 0 Å². The van der Waals surface area contributed by atoms with Gasteiger partial charge in [-0.2, -0.15) is 0 Å². The van der Waals surface area contributed by atoms with Gasteiger partial charge in [0.25, 0.3) is 0 Å². The molecule has 1 N–H and O–H groups in total. The van der Waals surface area contributed by atoms with Crippen molar-refractivity contribution in [2.24, 2.45) is 5.92 Å². The first-order chi connectivity index (χ1) is 11.2. The van der Waals surface area contributed by atoms with Crippen LogP contribution in [0.15, 0.2) is 0 Å². The van der Waals surface area contributed by atoms with Crippen LogP contribution in [0.2, 0.25) is 0 Å². The number of amides is 2. The average molecular weight is 322 g/mol. The van der Waals surface area contributed by atoms with Gasteiger partial charge < -0.3 is 20.0 Å². The van der Waals surface area contributed by atoms with Crippen LogP contribution in [0.25, 0.3) is 0 Å².